The molecule has 10 aliphatic rings. The molecule has 0 saturated carbocycles. The standard InChI is InChI=1S/C76H129N5O56/c1-18(93)77-23(6-82)39(99)58(24(98)7-83)129-67-35(78-19(2)94)45(105)62(32(15-91)123-67)134-74-57(117)64(44(104)34(128-74)17-118-75-65(52(112)43(103)28(11-87)122-75)136-69-37(80-21(4)96)47(107)60(30(13-89)125-69)132-72-54(114)50(110)41(101)26(9-85)120-72)135-76-66(137-70-38(81-22(5)97)48(108)61(31(14-90)126-70)133-73-55(115)51(111)42(102)27(10-86)121-73)56(116)63(33(16-92)127-76)130-68-36(79-20(3)95)46(106)59(29(12-88)124-68)131-71-53(113)49(109)40(100)25(8-84)119-71/h23-76,82-92,98-117H,6-17H2,1-5H3,(H,77,93)(H,78,94)(H,79,95)(H,80,96)(H,81,97)/t23-,24+,25+,26+,27+,28+,29+,30+,31+,32+,33+,34+,35+,36+,37+,38+,39+,40-,41-,42-,43+,44+,45+,46+,47+,48+,49-,50-,51-,52-,53+,54+,55+,56-,57-,58+,59+,60+,61+,62+,63+,64-,65-,66-,67-,68-,69-,70-,71-,72-,73-,74-,75+,76+/m0/s1. The van der Waals surface area contributed by atoms with Crippen LogP contribution in [-0.2, 0) is 119 Å². The summed E-state index contributed by atoms with van der Waals surface area (Å²) in [5.74, 6) is -4.99. The highest BCUT2D eigenvalue weighted by Gasteiger charge is 2.63. The molecule has 54 atom stereocenters. The molecule has 10 rings (SSSR count). The van der Waals surface area contributed by atoms with Crippen LogP contribution >= 0.6 is 0 Å². The van der Waals surface area contributed by atoms with Crippen molar-refractivity contribution in [3.8, 4) is 0 Å². The van der Waals surface area contributed by atoms with Gasteiger partial charge in [-0.2, -0.15) is 0 Å². The number of amides is 5. The molecule has 0 spiro atoms. The second-order valence-electron chi connectivity index (χ2n) is 34.3. The zero-order valence-electron chi connectivity index (χ0n) is 73.7. The average Bonchev–Trinajstić information content (AvgIpc) is 0.761. The van der Waals surface area contributed by atoms with Crippen molar-refractivity contribution in [2.45, 2.75) is 366 Å². The van der Waals surface area contributed by atoms with E-state index in [2.05, 4.69) is 26.6 Å². The predicted molar refractivity (Wildman–Crippen MR) is 423 cm³/mol. The molecule has 36 N–H and O–H groups in total. The van der Waals surface area contributed by atoms with Gasteiger partial charge in [0, 0.05) is 34.6 Å². The Kier molecular flexibility index (Phi) is 42.4. The fraction of sp³-hybridized carbons (Fsp3) is 0.934. The summed E-state index contributed by atoms with van der Waals surface area (Å²) < 4.78 is 120. The third-order valence-corrected chi connectivity index (χ3v) is 24.6. The topological polar surface area (TPSA) is 957 Å². The van der Waals surface area contributed by atoms with E-state index in [9.17, 15) is 182 Å². The zero-order valence-corrected chi connectivity index (χ0v) is 73.7. The predicted octanol–water partition coefficient (Wildman–Crippen LogP) is -24.6. The first-order chi connectivity index (χ1) is 64.8. The summed E-state index contributed by atoms with van der Waals surface area (Å²) in [7, 11) is 0. The molecule has 10 fully saturated rings. The molecule has 10 heterocycles. The van der Waals surface area contributed by atoms with E-state index in [1.165, 1.54) is 0 Å². The van der Waals surface area contributed by atoms with Gasteiger partial charge in [-0.25, -0.2) is 0 Å². The summed E-state index contributed by atoms with van der Waals surface area (Å²) in [5.41, 5.74) is 0. The molecule has 0 aromatic carbocycles. The van der Waals surface area contributed by atoms with Crippen molar-refractivity contribution in [2.75, 3.05) is 79.3 Å². The van der Waals surface area contributed by atoms with Gasteiger partial charge in [0.15, 0.2) is 62.9 Å². The van der Waals surface area contributed by atoms with Gasteiger partial charge in [0.05, 0.1) is 85.3 Å². The third-order valence-electron chi connectivity index (χ3n) is 24.6. The molecule has 5 amide bonds. The second kappa shape index (κ2) is 50.9. The van der Waals surface area contributed by atoms with Gasteiger partial charge in [-0.1, -0.05) is 0 Å². The summed E-state index contributed by atoms with van der Waals surface area (Å²) >= 11 is 0. The maximum atomic E-state index is 13.4. The summed E-state index contributed by atoms with van der Waals surface area (Å²) in [6, 6.07) is -9.99. The first kappa shape index (κ1) is 114. The normalized spacial score (nSPS) is 46.5. The summed E-state index contributed by atoms with van der Waals surface area (Å²) in [4.78, 5) is 65.1. The minimum atomic E-state index is -2.78. The molecule has 61 nitrogen and oxygen atoms in total. The number of rotatable bonds is 40. The largest absolute Gasteiger partial charge is 0.394 e. The number of carbonyl (C=O) groups excluding carboxylic acids is 5. The number of hydrogen-bond donors (Lipinski definition) is 36. The Morgan fingerprint density at radius 3 is 0.832 bits per heavy atom. The Bertz CT molecular complexity index is 3730. The van der Waals surface area contributed by atoms with Crippen molar-refractivity contribution >= 4 is 29.5 Å². The van der Waals surface area contributed by atoms with Gasteiger partial charge in [0.2, 0.25) is 29.5 Å². The highest BCUT2D eigenvalue weighted by molar-refractivity contribution is 5.75. The molecule has 0 aromatic heterocycles. The Morgan fingerprint density at radius 1 is 0.248 bits per heavy atom. The molecule has 137 heavy (non-hydrogen) atoms. The molecule has 0 aliphatic carbocycles. The van der Waals surface area contributed by atoms with E-state index in [-0.39, 0.29) is 0 Å². The van der Waals surface area contributed by atoms with E-state index in [0.717, 1.165) is 34.6 Å². The minimum Gasteiger partial charge on any atom is -0.394 e. The highest BCUT2D eigenvalue weighted by atomic mass is 16.8. The molecule has 61 heteroatoms. The molecule has 794 valence electrons. The van der Waals surface area contributed by atoms with E-state index in [1.807, 2.05) is 0 Å². The van der Waals surface area contributed by atoms with E-state index in [1.54, 1.807) is 0 Å². The van der Waals surface area contributed by atoms with E-state index in [0.29, 0.717) is 0 Å². The summed E-state index contributed by atoms with van der Waals surface area (Å²) in [5, 5.41) is 359. The van der Waals surface area contributed by atoms with Gasteiger partial charge in [-0.05, 0) is 0 Å². The van der Waals surface area contributed by atoms with Crippen LogP contribution in [0.1, 0.15) is 34.6 Å². The SMILES string of the molecule is CC(=O)N[C@H]1[C@H](O[C@@H]([C@H](O)[C@H](CO)NC(C)=O)[C@H](O)CO)O[C@H](CO)[C@@H](O[C@@H]2O[C@H](CO[C@@H]3O[C@H](CO)[C@@H](O)[C@H](O)[C@@H]3O[C@@H]3O[C@H](CO)[C@@H](O[C@@H]4O[C@H](CO)[C@H](O)[C@H](O)[C@H]4O)[C@H](O)[C@H]3NC(C)=O)[C@@H](O)[C@H](O[C@H]3O[C@H](CO)[C@@H](O[C@@H]4O[C@H](CO)[C@@H](O[C@@H]5O[C@H](CO)[C@H](O)[C@H](O)[C@H]5O)[C@H](O)[C@H]4NC(C)=O)[C@H](O)[C@@H]3O[C@@H]3O[C@H](CO)[C@@H](O[C@@H]4O[C@H](CO)[C@H](O)[C@H](O)[C@H]4O)[C@H](O)[C@H]3NC(C)=O)[C@@H]2O)[C@@H]1O. The minimum absolute atomic E-state index is 0.856. The third kappa shape index (κ3) is 26.1. The van der Waals surface area contributed by atoms with Crippen LogP contribution in [0.25, 0.3) is 0 Å². The lowest BCUT2D eigenvalue weighted by atomic mass is 9.93. The van der Waals surface area contributed by atoms with Crippen molar-refractivity contribution in [3.05, 3.63) is 0 Å². The van der Waals surface area contributed by atoms with Crippen LogP contribution in [0.3, 0.4) is 0 Å². The van der Waals surface area contributed by atoms with E-state index >= 15 is 0 Å². The van der Waals surface area contributed by atoms with Crippen LogP contribution in [0.5, 0.6) is 0 Å². The van der Waals surface area contributed by atoms with Gasteiger partial charge in [-0.3, -0.25) is 24.0 Å². The molecule has 0 bridgehead atoms. The Labute approximate surface area is 776 Å². The van der Waals surface area contributed by atoms with Crippen molar-refractivity contribution in [1.29, 1.82) is 0 Å². The van der Waals surface area contributed by atoms with Crippen molar-refractivity contribution < 1.29 is 277 Å². The Balaban J connectivity index is 1.06. The molecule has 0 aromatic rings. The molecule has 0 unspecified atom stereocenters. The van der Waals surface area contributed by atoms with Crippen molar-refractivity contribution in [2.24, 2.45) is 0 Å². The van der Waals surface area contributed by atoms with Crippen LogP contribution in [0.15, 0.2) is 0 Å². The summed E-state index contributed by atoms with van der Waals surface area (Å²) in [6.07, 6.45) is -108. The monoisotopic (exact) mass is 2010 g/mol. The lowest BCUT2D eigenvalue weighted by Crippen LogP contribution is -2.71. The molecule has 10 saturated heterocycles. The lowest BCUT2D eigenvalue weighted by Gasteiger charge is -2.52. The number of carbonyl (C=O) groups is 5. The highest BCUT2D eigenvalue weighted by Crippen LogP contribution is 2.42. The number of hydrogen-bond acceptors (Lipinski definition) is 56. The number of aliphatic hydroxyl groups excluding tert-OH is 31. The first-order valence-corrected chi connectivity index (χ1v) is 43.6. The van der Waals surface area contributed by atoms with Crippen LogP contribution in [-0.4, -0.2) is 598 Å². The van der Waals surface area contributed by atoms with Crippen molar-refractivity contribution in [1.82, 2.24) is 26.6 Å². The number of nitrogens with one attached hydrogen (secondary N) is 5. The fourth-order valence-electron chi connectivity index (χ4n) is 17.4. The molecular formula is C76H129N5O56. The molecular weight excluding hydrogens is 1880 g/mol. The van der Waals surface area contributed by atoms with Crippen LogP contribution < -0.4 is 26.6 Å². The van der Waals surface area contributed by atoms with Gasteiger partial charge in [-0.15, -0.1) is 0 Å². The first-order valence-electron chi connectivity index (χ1n) is 43.6. The van der Waals surface area contributed by atoms with Crippen LogP contribution in [0.4, 0.5) is 0 Å². The van der Waals surface area contributed by atoms with E-state index in [4.69, 9.17) is 94.7 Å². The zero-order chi connectivity index (χ0) is 101. The van der Waals surface area contributed by atoms with E-state index < -0.39 is 440 Å². The fourth-order valence-corrected chi connectivity index (χ4v) is 17.4. The Hall–Kier alpha value is -4.69. The number of aliphatic hydroxyl groups is 31. The molecule has 0 radical (unpaired) electrons. The maximum Gasteiger partial charge on any atom is 0.217 e. The average molecular weight is 2010 g/mol. The summed E-state index contributed by atoms with van der Waals surface area (Å²) in [6.45, 7) is -9.83. The smallest absolute Gasteiger partial charge is 0.217 e. The lowest BCUT2D eigenvalue weighted by molar-refractivity contribution is -0.406. The Morgan fingerprint density at radius 2 is 0.511 bits per heavy atom. The van der Waals surface area contributed by atoms with Gasteiger partial charge < -0.3 is 280 Å². The van der Waals surface area contributed by atoms with Gasteiger partial charge in [0.25, 0.3) is 0 Å². The quantitative estimate of drug-likeness (QED) is 0.0271. The van der Waals surface area contributed by atoms with Gasteiger partial charge in [0.1, 0.15) is 262 Å². The van der Waals surface area contributed by atoms with Crippen LogP contribution in [0.2, 0.25) is 0 Å². The van der Waals surface area contributed by atoms with Crippen molar-refractivity contribution in [3.63, 3.8) is 0 Å². The maximum absolute atomic E-state index is 13.4. The second-order valence-corrected chi connectivity index (χ2v) is 34.3. The van der Waals surface area contributed by atoms with Gasteiger partial charge >= 0.3 is 0 Å². The van der Waals surface area contributed by atoms with Crippen LogP contribution in [0, 0.1) is 0 Å². The molecule has 10 aliphatic heterocycles. The number of ether oxygens (including phenoxy) is 20.